The summed E-state index contributed by atoms with van der Waals surface area (Å²) in [6, 6.07) is 8.02. The molecule has 2 aromatic rings. The molecule has 12 heteroatoms. The number of morpholine rings is 1. The number of aromatic nitrogens is 3. The Balaban J connectivity index is 1.28. The van der Waals surface area contributed by atoms with Crippen molar-refractivity contribution < 1.29 is 18.3 Å². The maximum absolute atomic E-state index is 13.7. The van der Waals surface area contributed by atoms with Gasteiger partial charge in [0, 0.05) is 49.7 Å². The van der Waals surface area contributed by atoms with Crippen molar-refractivity contribution in [2.24, 2.45) is 0 Å². The normalized spacial score (nSPS) is 25.8. The lowest BCUT2D eigenvalue weighted by atomic mass is 9.96. The summed E-state index contributed by atoms with van der Waals surface area (Å²) in [5, 5.41) is 7.51. The van der Waals surface area contributed by atoms with Crippen LogP contribution in [0.15, 0.2) is 24.3 Å². The summed E-state index contributed by atoms with van der Waals surface area (Å²) in [6.45, 7) is 1.79. The zero-order chi connectivity index (χ0) is 24.6. The largest absolute Gasteiger partial charge is 0.368 e. The minimum atomic E-state index is -2.82. The summed E-state index contributed by atoms with van der Waals surface area (Å²) in [7, 11) is 0. The maximum Gasteiger partial charge on any atom is 0.267 e. The fraction of sp³-hybridized carbons (Fsp3) is 0.609. The van der Waals surface area contributed by atoms with Gasteiger partial charge in [0.15, 0.2) is 0 Å². The number of piperidine rings is 1. The number of likely N-dealkylation sites (tertiary alicyclic amines) is 1. The van der Waals surface area contributed by atoms with Crippen LogP contribution in [0.1, 0.15) is 24.8 Å². The highest BCUT2D eigenvalue weighted by Gasteiger charge is 2.45. The lowest BCUT2D eigenvalue weighted by Gasteiger charge is -2.46. The number of benzene rings is 1. The molecule has 1 aromatic heterocycles. The van der Waals surface area contributed by atoms with E-state index in [1.807, 2.05) is 24.3 Å². The minimum absolute atomic E-state index is 0.0657. The molecule has 3 N–H and O–H groups in total. The van der Waals surface area contributed by atoms with Gasteiger partial charge in [-0.25, -0.2) is 13.9 Å². The van der Waals surface area contributed by atoms with E-state index in [1.165, 1.54) is 4.90 Å². The van der Waals surface area contributed by atoms with Gasteiger partial charge in [0.25, 0.3) is 11.8 Å². The Morgan fingerprint density at radius 3 is 2.60 bits per heavy atom. The third-order valence-corrected chi connectivity index (χ3v) is 7.44. The SMILES string of the molecule is Nc1nc(N2CCC(N3C[C@H](C(=O)N4CCC(F)(F)C4)OC[C@@H]3Cc3ccc(Cl)cc3)CC2)n[nH]1. The average molecular weight is 510 g/mol. The van der Waals surface area contributed by atoms with Gasteiger partial charge in [-0.05, 0) is 37.0 Å². The summed E-state index contributed by atoms with van der Waals surface area (Å²) in [6.07, 6.45) is 1.43. The maximum atomic E-state index is 13.7. The van der Waals surface area contributed by atoms with E-state index in [4.69, 9.17) is 22.1 Å². The van der Waals surface area contributed by atoms with Crippen molar-refractivity contribution in [1.29, 1.82) is 0 Å². The van der Waals surface area contributed by atoms with E-state index in [9.17, 15) is 13.6 Å². The quantitative estimate of drug-likeness (QED) is 0.636. The Morgan fingerprint density at radius 2 is 1.97 bits per heavy atom. The fourth-order valence-corrected chi connectivity index (χ4v) is 5.44. The molecule has 1 amide bonds. The number of nitrogens with zero attached hydrogens (tertiary/aromatic N) is 5. The molecule has 3 aliphatic heterocycles. The van der Waals surface area contributed by atoms with E-state index >= 15 is 0 Å². The molecule has 0 unspecified atom stereocenters. The molecular weight excluding hydrogens is 480 g/mol. The number of rotatable bonds is 5. The van der Waals surface area contributed by atoms with Crippen LogP contribution in [0, 0.1) is 0 Å². The second kappa shape index (κ2) is 9.87. The van der Waals surface area contributed by atoms with Gasteiger partial charge in [-0.2, -0.15) is 4.98 Å². The van der Waals surface area contributed by atoms with E-state index in [0.29, 0.717) is 24.1 Å². The van der Waals surface area contributed by atoms with E-state index in [-0.39, 0.29) is 36.9 Å². The third-order valence-electron chi connectivity index (χ3n) is 7.18. The van der Waals surface area contributed by atoms with E-state index in [1.54, 1.807) is 0 Å². The fourth-order valence-electron chi connectivity index (χ4n) is 5.31. The predicted molar refractivity (Wildman–Crippen MR) is 128 cm³/mol. The molecule has 35 heavy (non-hydrogen) atoms. The number of H-pyrrole nitrogens is 1. The zero-order valence-corrected chi connectivity index (χ0v) is 20.1. The van der Waals surface area contributed by atoms with Crippen LogP contribution in [0.2, 0.25) is 5.02 Å². The smallest absolute Gasteiger partial charge is 0.267 e. The van der Waals surface area contributed by atoms with Crippen molar-refractivity contribution in [1.82, 2.24) is 25.0 Å². The Labute approximate surface area is 207 Å². The van der Waals surface area contributed by atoms with Crippen molar-refractivity contribution in [2.75, 3.05) is 50.0 Å². The number of nitrogen functional groups attached to an aromatic ring is 1. The second-order valence-corrected chi connectivity index (χ2v) is 10.0. The predicted octanol–water partition coefficient (Wildman–Crippen LogP) is 2.19. The number of nitrogens with one attached hydrogen (secondary N) is 1. The average Bonchev–Trinajstić information content (AvgIpc) is 3.45. The van der Waals surface area contributed by atoms with Crippen LogP contribution in [-0.2, 0) is 16.0 Å². The summed E-state index contributed by atoms with van der Waals surface area (Å²) >= 11 is 6.05. The van der Waals surface area contributed by atoms with Gasteiger partial charge in [-0.15, -0.1) is 5.10 Å². The van der Waals surface area contributed by atoms with Gasteiger partial charge in [-0.1, -0.05) is 23.7 Å². The van der Waals surface area contributed by atoms with Crippen LogP contribution in [0.3, 0.4) is 0 Å². The van der Waals surface area contributed by atoms with Crippen LogP contribution in [0.4, 0.5) is 20.7 Å². The molecule has 4 heterocycles. The number of alkyl halides is 2. The number of amides is 1. The van der Waals surface area contributed by atoms with Crippen molar-refractivity contribution >= 4 is 29.4 Å². The molecule has 190 valence electrons. The first-order valence-corrected chi connectivity index (χ1v) is 12.4. The standard InChI is InChI=1S/C23H30ClF2N7O2/c24-16-3-1-15(2-4-16)11-18-13-35-19(20(34)32-10-7-23(25,26)14-32)12-33(18)17-5-8-31(9-6-17)22-28-21(27)29-30-22/h1-4,17-19H,5-14H2,(H3,27,28,29,30)/t18-,19+/m0/s1. The molecule has 3 aliphatic rings. The van der Waals surface area contributed by atoms with Gasteiger partial charge in [-0.3, -0.25) is 9.69 Å². The molecule has 0 saturated carbocycles. The van der Waals surface area contributed by atoms with E-state index < -0.39 is 18.6 Å². The van der Waals surface area contributed by atoms with Crippen LogP contribution >= 0.6 is 11.6 Å². The Bertz CT molecular complexity index is 1030. The number of halogens is 3. The first-order valence-electron chi connectivity index (χ1n) is 12.0. The highest BCUT2D eigenvalue weighted by Crippen LogP contribution is 2.30. The highest BCUT2D eigenvalue weighted by atomic mass is 35.5. The topological polar surface area (TPSA) is 104 Å². The molecule has 5 rings (SSSR count). The van der Waals surface area contributed by atoms with Crippen LogP contribution in [-0.4, -0.2) is 94.3 Å². The van der Waals surface area contributed by atoms with Crippen LogP contribution in [0.5, 0.6) is 0 Å². The molecule has 0 radical (unpaired) electrons. The third kappa shape index (κ3) is 5.52. The van der Waals surface area contributed by atoms with Gasteiger partial charge in [0.05, 0.1) is 13.2 Å². The molecule has 9 nitrogen and oxygen atoms in total. The van der Waals surface area contributed by atoms with Gasteiger partial charge in [0.2, 0.25) is 11.9 Å². The number of ether oxygens (including phenoxy) is 1. The number of carbonyl (C=O) groups excluding carboxylic acids is 1. The van der Waals surface area contributed by atoms with Crippen molar-refractivity contribution in [2.45, 2.75) is 49.8 Å². The number of hydrogen-bond donors (Lipinski definition) is 2. The first-order chi connectivity index (χ1) is 16.8. The van der Waals surface area contributed by atoms with Crippen molar-refractivity contribution in [3.8, 4) is 0 Å². The lowest BCUT2D eigenvalue weighted by Crippen LogP contribution is -2.60. The second-order valence-electron chi connectivity index (χ2n) is 9.61. The molecule has 0 bridgehead atoms. The number of anilines is 2. The molecule has 0 spiro atoms. The zero-order valence-electron chi connectivity index (χ0n) is 19.4. The number of aromatic amines is 1. The van der Waals surface area contributed by atoms with Crippen molar-refractivity contribution in [3.63, 3.8) is 0 Å². The summed E-state index contributed by atoms with van der Waals surface area (Å²) < 4.78 is 33.4. The van der Waals surface area contributed by atoms with Gasteiger partial charge >= 0.3 is 0 Å². The lowest BCUT2D eigenvalue weighted by molar-refractivity contribution is -0.155. The van der Waals surface area contributed by atoms with E-state index in [2.05, 4.69) is 25.0 Å². The van der Waals surface area contributed by atoms with Crippen LogP contribution < -0.4 is 10.6 Å². The molecule has 1 aromatic carbocycles. The van der Waals surface area contributed by atoms with Gasteiger partial charge in [0.1, 0.15) is 6.10 Å². The Morgan fingerprint density at radius 1 is 1.23 bits per heavy atom. The minimum Gasteiger partial charge on any atom is -0.368 e. The van der Waals surface area contributed by atoms with E-state index in [0.717, 1.165) is 37.9 Å². The summed E-state index contributed by atoms with van der Waals surface area (Å²) in [5.74, 6) is -2.29. The Kier molecular flexibility index (Phi) is 6.82. The highest BCUT2D eigenvalue weighted by molar-refractivity contribution is 6.30. The molecule has 0 aliphatic carbocycles. The molecule has 3 fully saturated rings. The monoisotopic (exact) mass is 509 g/mol. The number of nitrogens with two attached hydrogens (primary N) is 1. The number of hydrogen-bond acceptors (Lipinski definition) is 7. The Hall–Kier alpha value is -2.50. The molecule has 2 atom stereocenters. The molecular formula is C23H30ClF2N7O2. The van der Waals surface area contributed by atoms with Crippen molar-refractivity contribution in [3.05, 3.63) is 34.9 Å². The van der Waals surface area contributed by atoms with Crippen LogP contribution in [0.25, 0.3) is 0 Å². The first kappa shape index (κ1) is 24.2. The summed E-state index contributed by atoms with van der Waals surface area (Å²) in [5.41, 5.74) is 6.80. The summed E-state index contributed by atoms with van der Waals surface area (Å²) in [4.78, 5) is 23.0. The number of carbonyl (C=O) groups is 1. The van der Waals surface area contributed by atoms with Gasteiger partial charge < -0.3 is 20.3 Å². The molecule has 3 saturated heterocycles.